The SMILES string of the molecule is Nc1cccc(-c2c(-c3ccccc3C(F)(F)F)cnc3c(C(F)(F)F)cccc23)c1. The summed E-state index contributed by atoms with van der Waals surface area (Å²) in [7, 11) is 0. The van der Waals surface area contributed by atoms with E-state index < -0.39 is 23.5 Å². The third-order valence-electron chi connectivity index (χ3n) is 4.90. The van der Waals surface area contributed by atoms with Crippen LogP contribution in [0, 0.1) is 0 Å². The number of nitrogens with zero attached hydrogens (tertiary/aromatic N) is 1. The van der Waals surface area contributed by atoms with E-state index in [0.29, 0.717) is 11.3 Å². The summed E-state index contributed by atoms with van der Waals surface area (Å²) in [5, 5.41) is 0.0786. The lowest BCUT2D eigenvalue weighted by molar-refractivity contribution is -0.137. The summed E-state index contributed by atoms with van der Waals surface area (Å²) in [4.78, 5) is 3.94. The van der Waals surface area contributed by atoms with E-state index in [9.17, 15) is 26.3 Å². The lowest BCUT2D eigenvalue weighted by Gasteiger charge is -2.19. The van der Waals surface area contributed by atoms with Crippen LogP contribution in [0.3, 0.4) is 0 Å². The number of rotatable bonds is 2. The Balaban J connectivity index is 2.15. The van der Waals surface area contributed by atoms with Gasteiger partial charge in [-0.25, -0.2) is 0 Å². The number of para-hydroxylation sites is 1. The maximum Gasteiger partial charge on any atom is 0.418 e. The normalized spacial score (nSPS) is 12.3. The van der Waals surface area contributed by atoms with Crippen molar-refractivity contribution in [1.82, 2.24) is 4.98 Å². The van der Waals surface area contributed by atoms with Gasteiger partial charge in [0.15, 0.2) is 0 Å². The zero-order valence-corrected chi connectivity index (χ0v) is 15.7. The molecule has 0 bridgehead atoms. The average Bonchev–Trinajstić information content (AvgIpc) is 2.71. The van der Waals surface area contributed by atoms with E-state index in [0.717, 1.165) is 18.3 Å². The Morgan fingerprint density at radius 2 is 1.32 bits per heavy atom. The largest absolute Gasteiger partial charge is 0.418 e. The van der Waals surface area contributed by atoms with E-state index in [1.165, 1.54) is 36.4 Å². The number of fused-ring (bicyclic) bond motifs is 1. The topological polar surface area (TPSA) is 38.9 Å². The van der Waals surface area contributed by atoms with E-state index >= 15 is 0 Å². The van der Waals surface area contributed by atoms with Crippen LogP contribution in [-0.4, -0.2) is 4.98 Å². The zero-order chi connectivity index (χ0) is 22.4. The van der Waals surface area contributed by atoms with E-state index in [2.05, 4.69) is 4.98 Å². The summed E-state index contributed by atoms with van der Waals surface area (Å²) >= 11 is 0. The lowest BCUT2D eigenvalue weighted by Crippen LogP contribution is -2.09. The van der Waals surface area contributed by atoms with Crippen LogP contribution >= 0.6 is 0 Å². The smallest absolute Gasteiger partial charge is 0.399 e. The molecule has 0 amide bonds. The van der Waals surface area contributed by atoms with Crippen LogP contribution in [0.2, 0.25) is 0 Å². The number of nitrogen functional groups attached to an aromatic ring is 1. The molecule has 0 saturated heterocycles. The van der Waals surface area contributed by atoms with Gasteiger partial charge in [0.05, 0.1) is 16.6 Å². The third-order valence-corrected chi connectivity index (χ3v) is 4.90. The molecule has 4 aromatic rings. The Morgan fingerprint density at radius 3 is 2.00 bits per heavy atom. The van der Waals surface area contributed by atoms with Crippen molar-refractivity contribution in [2.75, 3.05) is 5.73 Å². The van der Waals surface area contributed by atoms with Gasteiger partial charge in [-0.3, -0.25) is 4.98 Å². The zero-order valence-electron chi connectivity index (χ0n) is 15.7. The van der Waals surface area contributed by atoms with Crippen LogP contribution < -0.4 is 5.73 Å². The first-order valence-electron chi connectivity index (χ1n) is 9.09. The van der Waals surface area contributed by atoms with Crippen molar-refractivity contribution in [3.05, 3.63) is 84.1 Å². The fraction of sp³-hybridized carbons (Fsp3) is 0.0870. The van der Waals surface area contributed by atoms with E-state index in [4.69, 9.17) is 5.73 Å². The van der Waals surface area contributed by atoms with Crippen molar-refractivity contribution in [2.45, 2.75) is 12.4 Å². The molecule has 0 spiro atoms. The molecule has 1 heterocycles. The van der Waals surface area contributed by atoms with Crippen molar-refractivity contribution >= 4 is 16.6 Å². The minimum Gasteiger partial charge on any atom is -0.399 e. The molecule has 3 aromatic carbocycles. The van der Waals surface area contributed by atoms with E-state index in [1.807, 2.05) is 0 Å². The van der Waals surface area contributed by atoms with Crippen LogP contribution in [0.25, 0.3) is 33.2 Å². The van der Waals surface area contributed by atoms with Gasteiger partial charge in [0.1, 0.15) is 0 Å². The van der Waals surface area contributed by atoms with Crippen molar-refractivity contribution in [1.29, 1.82) is 0 Å². The predicted molar refractivity (Wildman–Crippen MR) is 107 cm³/mol. The molecule has 158 valence electrons. The Kier molecular flexibility index (Phi) is 4.88. The molecule has 0 saturated carbocycles. The molecule has 2 N–H and O–H groups in total. The lowest BCUT2D eigenvalue weighted by atomic mass is 9.89. The van der Waals surface area contributed by atoms with E-state index in [1.54, 1.807) is 18.2 Å². The molecule has 0 fully saturated rings. The second kappa shape index (κ2) is 7.30. The molecule has 4 rings (SSSR count). The number of alkyl halides is 6. The average molecular weight is 432 g/mol. The fourth-order valence-electron chi connectivity index (χ4n) is 3.63. The molecule has 8 heteroatoms. The number of benzene rings is 3. The van der Waals surface area contributed by atoms with Gasteiger partial charge >= 0.3 is 12.4 Å². The number of aromatic nitrogens is 1. The van der Waals surface area contributed by atoms with Gasteiger partial charge in [-0.2, -0.15) is 26.3 Å². The summed E-state index contributed by atoms with van der Waals surface area (Å²) in [6.45, 7) is 0. The first-order chi connectivity index (χ1) is 14.6. The number of anilines is 1. The number of halogens is 6. The minimum absolute atomic E-state index is 0.0605. The van der Waals surface area contributed by atoms with Crippen LogP contribution in [-0.2, 0) is 12.4 Å². The Labute approximate surface area is 173 Å². The molecule has 0 atom stereocenters. The fourth-order valence-corrected chi connectivity index (χ4v) is 3.63. The minimum atomic E-state index is -4.68. The van der Waals surface area contributed by atoms with Gasteiger partial charge in [-0.05, 0) is 35.4 Å². The standard InChI is InChI=1S/C23H14F6N2/c24-22(25,26)18-9-2-1-7-15(18)17-12-31-21-16(8-4-10-19(21)23(27,28)29)20(17)13-5-3-6-14(30)11-13/h1-12H,30H2. The van der Waals surface area contributed by atoms with Gasteiger partial charge in [0.25, 0.3) is 0 Å². The number of hydrogen-bond acceptors (Lipinski definition) is 2. The molecule has 2 nitrogen and oxygen atoms in total. The molecule has 0 unspecified atom stereocenters. The van der Waals surface area contributed by atoms with Crippen LogP contribution in [0.4, 0.5) is 32.0 Å². The number of nitrogens with two attached hydrogens (primary N) is 1. The highest BCUT2D eigenvalue weighted by atomic mass is 19.4. The summed E-state index contributed by atoms with van der Waals surface area (Å²) in [6, 6.07) is 14.7. The summed E-state index contributed by atoms with van der Waals surface area (Å²) < 4.78 is 81.7. The summed E-state index contributed by atoms with van der Waals surface area (Å²) in [5.41, 5.74) is 4.41. The molecule has 0 radical (unpaired) electrons. The van der Waals surface area contributed by atoms with Gasteiger partial charge in [-0.15, -0.1) is 0 Å². The van der Waals surface area contributed by atoms with Gasteiger partial charge in [0, 0.05) is 28.4 Å². The Bertz CT molecular complexity index is 1280. The summed E-state index contributed by atoms with van der Waals surface area (Å²) in [6.07, 6.45) is -8.28. The molecule has 31 heavy (non-hydrogen) atoms. The first kappa shape index (κ1) is 20.7. The highest BCUT2D eigenvalue weighted by molar-refractivity contribution is 6.04. The second-order valence-corrected chi connectivity index (χ2v) is 6.92. The van der Waals surface area contributed by atoms with Crippen LogP contribution in [0.15, 0.2) is 72.9 Å². The van der Waals surface area contributed by atoms with Crippen molar-refractivity contribution in [3.8, 4) is 22.3 Å². The predicted octanol–water partition coefficient (Wildman–Crippen LogP) is 7.19. The molecule has 0 aliphatic heterocycles. The monoisotopic (exact) mass is 432 g/mol. The molecule has 0 aliphatic carbocycles. The first-order valence-corrected chi connectivity index (χ1v) is 9.09. The maximum absolute atomic E-state index is 13.7. The van der Waals surface area contributed by atoms with Crippen molar-refractivity contribution in [3.63, 3.8) is 0 Å². The van der Waals surface area contributed by atoms with Crippen molar-refractivity contribution < 1.29 is 26.3 Å². The number of hydrogen-bond donors (Lipinski definition) is 1. The van der Waals surface area contributed by atoms with Crippen LogP contribution in [0.1, 0.15) is 11.1 Å². The van der Waals surface area contributed by atoms with Gasteiger partial charge in [0.2, 0.25) is 0 Å². The Hall–Kier alpha value is -3.55. The molecule has 1 aromatic heterocycles. The molecular formula is C23H14F6N2. The third kappa shape index (κ3) is 3.81. The quantitative estimate of drug-likeness (QED) is 0.269. The van der Waals surface area contributed by atoms with Gasteiger partial charge in [-0.1, -0.05) is 42.5 Å². The number of pyridine rings is 1. The second-order valence-electron chi connectivity index (χ2n) is 6.92. The maximum atomic E-state index is 13.7. The summed E-state index contributed by atoms with van der Waals surface area (Å²) in [5.74, 6) is 0. The molecular weight excluding hydrogens is 418 g/mol. The van der Waals surface area contributed by atoms with Crippen LogP contribution in [0.5, 0.6) is 0 Å². The molecule has 0 aliphatic rings. The van der Waals surface area contributed by atoms with Crippen molar-refractivity contribution in [2.24, 2.45) is 0 Å². The highest BCUT2D eigenvalue weighted by Gasteiger charge is 2.36. The highest BCUT2D eigenvalue weighted by Crippen LogP contribution is 2.44. The Morgan fingerprint density at radius 1 is 0.677 bits per heavy atom. The van der Waals surface area contributed by atoms with Gasteiger partial charge < -0.3 is 5.73 Å². The van der Waals surface area contributed by atoms with E-state index in [-0.39, 0.29) is 27.6 Å².